The van der Waals surface area contributed by atoms with E-state index in [1.54, 1.807) is 14.2 Å². The Kier molecular flexibility index (Phi) is 57.3. The van der Waals surface area contributed by atoms with Crippen LogP contribution in [0.1, 0.15) is 308 Å². The van der Waals surface area contributed by atoms with Gasteiger partial charge in [0.15, 0.2) is 12.2 Å². The van der Waals surface area contributed by atoms with Crippen LogP contribution in [0, 0.1) is 0 Å². The average Bonchev–Trinajstić information content (AvgIpc) is 1.62. The van der Waals surface area contributed by atoms with E-state index in [4.69, 9.17) is 56.0 Å². The van der Waals surface area contributed by atoms with Crippen molar-refractivity contribution < 1.29 is 158 Å². The SMILES string of the molecule is CCCCCCCCCCCC(=O)OCC(COP(=O)([O-])OCC(O)COP(=O)([O-])OCC(COC(=O)CCCCCCCCCCC)OC(=O)CCCCCCCCCCC)OC(=O)CCCCCCCCCCC.COc1ccc2c(c1)OC1c3ccc(OC)cc3OCC21.[Na+].[Na+]. The fourth-order valence-corrected chi connectivity index (χ4v) is 13.0. The molecular formula is C74H124Na2O21P2. The predicted molar refractivity (Wildman–Crippen MR) is 372 cm³/mol. The Bertz CT molecular complexity index is 2410. The number of methoxy groups -OCH3 is 2. The summed E-state index contributed by atoms with van der Waals surface area (Å²) in [4.78, 5) is 76.2. The largest absolute Gasteiger partial charge is 1.00 e. The Morgan fingerprint density at radius 3 is 1.08 bits per heavy atom. The van der Waals surface area contributed by atoms with E-state index in [1.165, 1.54) is 108 Å². The number of ether oxygens (including phenoxy) is 8. The minimum Gasteiger partial charge on any atom is -0.756 e. The van der Waals surface area contributed by atoms with Crippen LogP contribution in [0.4, 0.5) is 0 Å². The van der Waals surface area contributed by atoms with Crippen LogP contribution in [0.2, 0.25) is 0 Å². The molecule has 2 aliphatic rings. The molecule has 2 heterocycles. The van der Waals surface area contributed by atoms with E-state index in [0.29, 0.717) is 32.3 Å². The number of phosphoric ester groups is 2. The fourth-order valence-electron chi connectivity index (χ4n) is 11.5. The molecule has 21 nitrogen and oxygen atoms in total. The number of aliphatic hydroxyl groups excluding tert-OH is 1. The van der Waals surface area contributed by atoms with Crippen molar-refractivity contribution in [1.82, 2.24) is 0 Å². The maximum atomic E-state index is 12.8. The third kappa shape index (κ3) is 46.3. The van der Waals surface area contributed by atoms with Crippen molar-refractivity contribution in [1.29, 1.82) is 0 Å². The standard InChI is InChI=1S/C57H110O17P2.C17H16O4.2Na/c1-5-9-13-17-21-25-29-33-37-41-54(59)67-47-52(73-56(61)43-39-35-31-27-23-19-15-11-7-3)49-71-75(63,64)69-45-51(58)46-70-76(65,66)72-50-53(74-57(62)44-40-36-32-28-24-20-16-12-8-4)48-68-55(60)42-38-34-30-26-22-18-14-10-6-2;1-18-10-4-6-13-15(7-10)20-9-14-12-5-3-11(19-2)8-16(12)21-17(13)14;;/h51-53,58H,5-50H2,1-4H3,(H,63,64)(H,65,66);3-8,14,17H,9H2,1-2H3;;/q;;2*+1/p-2. The van der Waals surface area contributed by atoms with Gasteiger partial charge < -0.3 is 70.9 Å². The molecule has 4 rings (SSSR count). The van der Waals surface area contributed by atoms with E-state index < -0.39 is 97.5 Å². The molecule has 0 fully saturated rings. The number of aliphatic hydroxyl groups is 1. The van der Waals surface area contributed by atoms with E-state index in [9.17, 15) is 43.2 Å². The first kappa shape index (κ1) is 94.7. The summed E-state index contributed by atoms with van der Waals surface area (Å²) in [5, 5.41) is 10.4. The Morgan fingerprint density at radius 2 is 0.737 bits per heavy atom. The number of phosphoric acid groups is 2. The van der Waals surface area contributed by atoms with Gasteiger partial charge in [0.05, 0.1) is 53.2 Å². The number of hydrogen-bond donors (Lipinski definition) is 1. The van der Waals surface area contributed by atoms with Crippen molar-refractivity contribution in [3.63, 3.8) is 0 Å². The van der Waals surface area contributed by atoms with Crippen LogP contribution in [0.3, 0.4) is 0 Å². The summed E-state index contributed by atoms with van der Waals surface area (Å²) in [6, 6.07) is 11.9. The number of fused-ring (bicyclic) bond motifs is 5. The van der Waals surface area contributed by atoms with Gasteiger partial charge in [0.25, 0.3) is 15.6 Å². The molecule has 558 valence electrons. The summed E-state index contributed by atoms with van der Waals surface area (Å²) in [6.07, 6.45) is 34.2. The third-order valence-corrected chi connectivity index (χ3v) is 19.1. The smallest absolute Gasteiger partial charge is 0.756 e. The van der Waals surface area contributed by atoms with Gasteiger partial charge in [0.2, 0.25) is 0 Å². The zero-order valence-electron chi connectivity index (χ0n) is 62.1. The topological polar surface area (TPSA) is 280 Å². The molecular weight excluding hydrogens is 1330 g/mol. The summed E-state index contributed by atoms with van der Waals surface area (Å²) >= 11 is 0. The van der Waals surface area contributed by atoms with Gasteiger partial charge in [-0.25, -0.2) is 0 Å². The molecule has 25 heteroatoms. The summed E-state index contributed by atoms with van der Waals surface area (Å²) in [5.74, 6) is 1.32. The Labute approximate surface area is 638 Å². The second-order valence-electron chi connectivity index (χ2n) is 25.9. The van der Waals surface area contributed by atoms with E-state index in [1.807, 2.05) is 30.3 Å². The van der Waals surface area contributed by atoms with Crippen molar-refractivity contribution in [3.8, 4) is 23.0 Å². The monoisotopic (exact) mass is 1460 g/mol. The maximum Gasteiger partial charge on any atom is 1.00 e. The van der Waals surface area contributed by atoms with Gasteiger partial charge in [-0.3, -0.25) is 28.3 Å². The van der Waals surface area contributed by atoms with Crippen molar-refractivity contribution in [2.24, 2.45) is 0 Å². The molecule has 2 aromatic carbocycles. The van der Waals surface area contributed by atoms with Gasteiger partial charge in [-0.05, 0) is 43.9 Å². The van der Waals surface area contributed by atoms with Crippen LogP contribution in [0.25, 0.3) is 0 Å². The van der Waals surface area contributed by atoms with Gasteiger partial charge in [-0.1, -0.05) is 239 Å². The first-order valence-corrected chi connectivity index (χ1v) is 40.1. The second kappa shape index (κ2) is 59.9. The Balaban J connectivity index is 0.00000177. The summed E-state index contributed by atoms with van der Waals surface area (Å²) in [7, 11) is -7.08. The molecule has 2 aliphatic heterocycles. The summed E-state index contributed by atoms with van der Waals surface area (Å²) < 4.78 is 89.2. The van der Waals surface area contributed by atoms with Crippen LogP contribution in [0.15, 0.2) is 36.4 Å². The number of carbonyl (C=O) groups excluding carboxylic acids is 4. The van der Waals surface area contributed by atoms with Crippen LogP contribution >= 0.6 is 15.6 Å². The van der Waals surface area contributed by atoms with Crippen LogP contribution in [-0.4, -0.2) is 108 Å². The number of benzene rings is 2. The molecule has 1 N–H and O–H groups in total. The zero-order valence-corrected chi connectivity index (χ0v) is 67.9. The zero-order chi connectivity index (χ0) is 70.6. The molecule has 0 spiro atoms. The summed E-state index contributed by atoms with van der Waals surface area (Å²) in [6.45, 7) is 4.98. The van der Waals surface area contributed by atoms with E-state index in [2.05, 4.69) is 33.8 Å². The molecule has 0 amide bonds. The third-order valence-electron chi connectivity index (χ3n) is 17.3. The number of carbonyl (C=O) groups is 4. The quantitative estimate of drug-likeness (QED) is 0.0212. The number of unbranched alkanes of at least 4 members (excludes halogenated alkanes) is 32. The molecule has 99 heavy (non-hydrogen) atoms. The van der Waals surface area contributed by atoms with E-state index in [-0.39, 0.29) is 96.8 Å². The first-order chi connectivity index (χ1) is 47.0. The van der Waals surface area contributed by atoms with Gasteiger partial charge >= 0.3 is 83.0 Å². The van der Waals surface area contributed by atoms with Gasteiger partial charge in [-0.15, -0.1) is 0 Å². The van der Waals surface area contributed by atoms with Crippen molar-refractivity contribution >= 4 is 39.5 Å². The Morgan fingerprint density at radius 1 is 0.434 bits per heavy atom. The van der Waals surface area contributed by atoms with Gasteiger partial charge in [-0.2, -0.15) is 0 Å². The molecule has 0 saturated carbocycles. The minimum atomic E-state index is -5.20. The molecule has 0 aliphatic carbocycles. The van der Waals surface area contributed by atoms with Gasteiger partial charge in [0.1, 0.15) is 48.4 Å². The van der Waals surface area contributed by atoms with Crippen molar-refractivity contribution in [2.75, 3.05) is 60.5 Å². The second-order valence-corrected chi connectivity index (χ2v) is 28.7. The molecule has 0 radical (unpaired) electrons. The van der Waals surface area contributed by atoms with Crippen molar-refractivity contribution in [3.05, 3.63) is 47.5 Å². The molecule has 6 atom stereocenters. The van der Waals surface area contributed by atoms with Crippen molar-refractivity contribution in [2.45, 2.75) is 315 Å². The van der Waals surface area contributed by atoms with Crippen LogP contribution in [-0.2, 0) is 65.4 Å². The maximum absolute atomic E-state index is 12.8. The normalized spacial score (nSPS) is 15.6. The van der Waals surface area contributed by atoms with Crippen LogP contribution < -0.4 is 87.8 Å². The Hall–Kier alpha value is -2.30. The average molecular weight is 1460 g/mol. The molecule has 6 unspecified atom stereocenters. The van der Waals surface area contributed by atoms with E-state index in [0.717, 1.165) is 131 Å². The van der Waals surface area contributed by atoms with Crippen LogP contribution in [0.5, 0.6) is 23.0 Å². The number of hydrogen-bond acceptors (Lipinski definition) is 21. The van der Waals surface area contributed by atoms with E-state index >= 15 is 0 Å². The molecule has 0 aromatic heterocycles. The summed E-state index contributed by atoms with van der Waals surface area (Å²) in [5.41, 5.74) is 2.25. The number of rotatable bonds is 60. The minimum absolute atomic E-state index is 0. The van der Waals surface area contributed by atoms with Gasteiger partial charge in [0, 0.05) is 48.9 Å². The molecule has 2 aromatic rings. The molecule has 0 saturated heterocycles. The molecule has 0 bridgehead atoms. The number of esters is 4. The predicted octanol–water partition coefficient (Wildman–Crippen LogP) is 11.3. The first-order valence-electron chi connectivity index (χ1n) is 37.2. The fraction of sp³-hybridized carbons (Fsp3) is 0.784.